The van der Waals surface area contributed by atoms with Gasteiger partial charge in [-0.25, -0.2) is 0 Å². The van der Waals surface area contributed by atoms with E-state index in [1.54, 1.807) is 7.11 Å². The maximum Gasteiger partial charge on any atom is 0.123 e. The van der Waals surface area contributed by atoms with Crippen LogP contribution in [0.3, 0.4) is 0 Å². The second kappa shape index (κ2) is 7.08. The summed E-state index contributed by atoms with van der Waals surface area (Å²) in [5, 5.41) is 2.13. The molecule has 0 bridgehead atoms. The molecule has 2 rings (SSSR count). The molecule has 0 N–H and O–H groups in total. The average Bonchev–Trinajstić information content (AvgIpc) is 2.90. The van der Waals surface area contributed by atoms with Crippen LogP contribution in [0, 0.1) is 0 Å². The van der Waals surface area contributed by atoms with Crippen molar-refractivity contribution in [1.82, 2.24) is 4.90 Å². The van der Waals surface area contributed by atoms with Crippen LogP contribution >= 0.6 is 27.3 Å². The minimum atomic E-state index is 0.897. The summed E-state index contributed by atoms with van der Waals surface area (Å²) in [6, 6.07) is 10.4. The Bertz CT molecular complexity index is 513. The average molecular weight is 340 g/mol. The van der Waals surface area contributed by atoms with Gasteiger partial charge in [-0.3, -0.25) is 0 Å². The smallest absolute Gasteiger partial charge is 0.123 e. The molecular weight excluding hydrogens is 322 g/mol. The molecule has 0 aliphatic heterocycles. The molecule has 0 aliphatic carbocycles. The zero-order valence-corrected chi connectivity index (χ0v) is 13.6. The van der Waals surface area contributed by atoms with Crippen LogP contribution in [-0.4, -0.2) is 25.6 Å². The summed E-state index contributed by atoms with van der Waals surface area (Å²) < 4.78 is 6.50. The fourth-order valence-corrected chi connectivity index (χ4v) is 3.10. The number of hydrogen-bond donors (Lipinski definition) is 0. The van der Waals surface area contributed by atoms with Gasteiger partial charge in [-0.1, -0.05) is 22.0 Å². The van der Waals surface area contributed by atoms with Gasteiger partial charge in [0.2, 0.25) is 0 Å². The lowest BCUT2D eigenvalue weighted by Gasteiger charge is -2.18. The van der Waals surface area contributed by atoms with Crippen LogP contribution in [-0.2, 0) is 13.0 Å². The van der Waals surface area contributed by atoms with E-state index in [1.807, 2.05) is 23.5 Å². The molecule has 0 spiro atoms. The van der Waals surface area contributed by atoms with Crippen molar-refractivity contribution in [3.63, 3.8) is 0 Å². The Morgan fingerprint density at radius 3 is 2.84 bits per heavy atom. The van der Waals surface area contributed by atoms with Crippen molar-refractivity contribution in [2.75, 3.05) is 20.7 Å². The number of hydrogen-bond acceptors (Lipinski definition) is 3. The minimum Gasteiger partial charge on any atom is -0.496 e. The fraction of sp³-hybridized carbons (Fsp3) is 0.333. The van der Waals surface area contributed by atoms with Crippen LogP contribution in [0.25, 0.3) is 0 Å². The van der Waals surface area contributed by atoms with Crippen LogP contribution < -0.4 is 4.74 Å². The lowest BCUT2D eigenvalue weighted by atomic mass is 10.2. The molecule has 0 radical (unpaired) electrons. The lowest BCUT2D eigenvalue weighted by Crippen LogP contribution is -2.20. The van der Waals surface area contributed by atoms with Gasteiger partial charge in [0.15, 0.2) is 0 Å². The molecule has 2 nitrogen and oxygen atoms in total. The lowest BCUT2D eigenvalue weighted by molar-refractivity contribution is 0.321. The van der Waals surface area contributed by atoms with Crippen molar-refractivity contribution >= 4 is 27.3 Å². The summed E-state index contributed by atoms with van der Waals surface area (Å²) in [5.74, 6) is 0.950. The minimum absolute atomic E-state index is 0.897. The Kier molecular flexibility index (Phi) is 5.43. The SMILES string of the molecule is COc1ccc(Br)cc1CN(C)CCc1cccs1. The first-order valence-corrected chi connectivity index (χ1v) is 7.89. The molecule has 0 fully saturated rings. The molecule has 4 heteroatoms. The summed E-state index contributed by atoms with van der Waals surface area (Å²) in [5.41, 5.74) is 1.21. The summed E-state index contributed by atoms with van der Waals surface area (Å²) in [4.78, 5) is 3.76. The first kappa shape index (κ1) is 14.6. The van der Waals surface area contributed by atoms with Crippen molar-refractivity contribution < 1.29 is 4.74 Å². The molecule has 19 heavy (non-hydrogen) atoms. The topological polar surface area (TPSA) is 12.5 Å². The highest BCUT2D eigenvalue weighted by Crippen LogP contribution is 2.24. The molecule has 0 amide bonds. The molecule has 0 atom stereocenters. The summed E-state index contributed by atoms with van der Waals surface area (Å²) in [6.07, 6.45) is 1.10. The zero-order valence-electron chi connectivity index (χ0n) is 11.2. The Morgan fingerprint density at radius 1 is 1.32 bits per heavy atom. The van der Waals surface area contributed by atoms with Gasteiger partial charge >= 0.3 is 0 Å². The first-order chi connectivity index (χ1) is 9.19. The van der Waals surface area contributed by atoms with Gasteiger partial charge in [0, 0.05) is 28.0 Å². The Labute approximate surface area is 127 Å². The van der Waals surface area contributed by atoms with E-state index in [9.17, 15) is 0 Å². The van der Waals surface area contributed by atoms with Crippen LogP contribution in [0.15, 0.2) is 40.2 Å². The van der Waals surface area contributed by atoms with Crippen molar-refractivity contribution in [3.05, 3.63) is 50.6 Å². The van der Waals surface area contributed by atoms with Crippen LogP contribution in [0.2, 0.25) is 0 Å². The quantitative estimate of drug-likeness (QED) is 0.782. The van der Waals surface area contributed by atoms with E-state index in [0.717, 1.165) is 29.7 Å². The summed E-state index contributed by atoms with van der Waals surface area (Å²) in [7, 11) is 3.87. The third kappa shape index (κ3) is 4.34. The highest BCUT2D eigenvalue weighted by Gasteiger charge is 2.07. The number of nitrogens with zero attached hydrogens (tertiary/aromatic N) is 1. The van der Waals surface area contributed by atoms with E-state index in [2.05, 4.69) is 51.5 Å². The predicted molar refractivity (Wildman–Crippen MR) is 85.1 cm³/mol. The molecule has 1 heterocycles. The maximum atomic E-state index is 5.41. The Balaban J connectivity index is 1.94. The molecule has 1 aromatic carbocycles. The van der Waals surface area contributed by atoms with Gasteiger partial charge < -0.3 is 9.64 Å². The number of likely N-dealkylation sites (N-methyl/N-ethyl adjacent to an activating group) is 1. The van der Waals surface area contributed by atoms with Crippen molar-refractivity contribution in [1.29, 1.82) is 0 Å². The van der Waals surface area contributed by atoms with E-state index in [-0.39, 0.29) is 0 Å². The van der Waals surface area contributed by atoms with Gasteiger partial charge in [-0.05, 0) is 43.1 Å². The zero-order chi connectivity index (χ0) is 13.7. The van der Waals surface area contributed by atoms with Gasteiger partial charge in [-0.15, -0.1) is 11.3 Å². The second-order valence-corrected chi connectivity index (χ2v) is 6.47. The van der Waals surface area contributed by atoms with Crippen molar-refractivity contribution in [2.24, 2.45) is 0 Å². The number of benzene rings is 1. The number of halogens is 1. The number of rotatable bonds is 6. The van der Waals surface area contributed by atoms with Crippen LogP contribution in [0.4, 0.5) is 0 Å². The number of ether oxygens (including phenoxy) is 1. The molecule has 0 saturated carbocycles. The third-order valence-corrected chi connectivity index (χ3v) is 4.43. The molecule has 2 aromatic rings. The molecule has 0 unspecified atom stereocenters. The van der Waals surface area contributed by atoms with Crippen LogP contribution in [0.5, 0.6) is 5.75 Å². The van der Waals surface area contributed by atoms with Gasteiger partial charge in [0.05, 0.1) is 7.11 Å². The highest BCUT2D eigenvalue weighted by molar-refractivity contribution is 9.10. The largest absolute Gasteiger partial charge is 0.496 e. The fourth-order valence-electron chi connectivity index (χ4n) is 2.00. The first-order valence-electron chi connectivity index (χ1n) is 6.22. The summed E-state index contributed by atoms with van der Waals surface area (Å²) >= 11 is 5.34. The van der Waals surface area contributed by atoms with Crippen molar-refractivity contribution in [2.45, 2.75) is 13.0 Å². The highest BCUT2D eigenvalue weighted by atomic mass is 79.9. The molecule has 1 aromatic heterocycles. The second-order valence-electron chi connectivity index (χ2n) is 4.52. The van der Waals surface area contributed by atoms with Crippen LogP contribution in [0.1, 0.15) is 10.4 Å². The maximum absolute atomic E-state index is 5.41. The molecular formula is C15H18BrNOS. The van der Waals surface area contributed by atoms with E-state index >= 15 is 0 Å². The normalized spacial score (nSPS) is 10.9. The number of methoxy groups -OCH3 is 1. The predicted octanol–water partition coefficient (Wildman–Crippen LogP) is 4.19. The summed E-state index contributed by atoms with van der Waals surface area (Å²) in [6.45, 7) is 1.95. The van der Waals surface area contributed by atoms with E-state index in [1.165, 1.54) is 10.4 Å². The molecule has 0 aliphatic rings. The Hall–Kier alpha value is -0.840. The van der Waals surface area contributed by atoms with E-state index < -0.39 is 0 Å². The van der Waals surface area contributed by atoms with Gasteiger partial charge in [0.1, 0.15) is 5.75 Å². The van der Waals surface area contributed by atoms with Crippen molar-refractivity contribution in [3.8, 4) is 5.75 Å². The Morgan fingerprint density at radius 2 is 2.16 bits per heavy atom. The van der Waals surface area contributed by atoms with E-state index in [4.69, 9.17) is 4.74 Å². The standard InChI is InChI=1S/C15H18BrNOS/c1-17(8-7-14-4-3-9-19-14)11-12-10-13(16)5-6-15(12)18-2/h3-6,9-10H,7-8,11H2,1-2H3. The van der Waals surface area contributed by atoms with E-state index in [0.29, 0.717) is 0 Å². The van der Waals surface area contributed by atoms with Gasteiger partial charge in [-0.2, -0.15) is 0 Å². The number of thiophene rings is 1. The van der Waals surface area contributed by atoms with Gasteiger partial charge in [0.25, 0.3) is 0 Å². The molecule has 102 valence electrons. The third-order valence-electron chi connectivity index (χ3n) is 3.00. The molecule has 0 saturated heterocycles. The monoisotopic (exact) mass is 339 g/mol.